The molecule has 0 spiro atoms. The quantitative estimate of drug-likeness (QED) is 0.814. The predicted molar refractivity (Wildman–Crippen MR) is 81.8 cm³/mol. The van der Waals surface area contributed by atoms with Gasteiger partial charge in [0.2, 0.25) is 0 Å². The molecule has 0 atom stereocenters. The van der Waals surface area contributed by atoms with E-state index in [1.807, 2.05) is 0 Å². The molecule has 2 heterocycles. The third-order valence-electron chi connectivity index (χ3n) is 4.26. The number of likely N-dealkylation sites (tertiary alicyclic amines) is 1. The van der Waals surface area contributed by atoms with Crippen LogP contribution in [0, 0.1) is 0 Å². The van der Waals surface area contributed by atoms with Crippen molar-refractivity contribution in [2.45, 2.75) is 57.9 Å². The van der Waals surface area contributed by atoms with Crippen LogP contribution in [0.25, 0.3) is 0 Å². The van der Waals surface area contributed by atoms with E-state index in [1.54, 1.807) is 11.3 Å². The summed E-state index contributed by atoms with van der Waals surface area (Å²) in [7, 11) is 0. The smallest absolute Gasteiger partial charge is 0.152 e. The molecule has 106 valence electrons. The molecular weight excluding hydrogens is 254 g/mol. The van der Waals surface area contributed by atoms with E-state index in [2.05, 4.69) is 36.3 Å². The Labute approximate surface area is 120 Å². The Morgan fingerprint density at radius 3 is 2.53 bits per heavy atom. The van der Waals surface area contributed by atoms with Gasteiger partial charge in [0.1, 0.15) is 0 Å². The first-order valence-electron chi connectivity index (χ1n) is 7.41. The number of thiophene rings is 1. The molecule has 1 aliphatic rings. The van der Waals surface area contributed by atoms with Crippen molar-refractivity contribution in [1.29, 1.82) is 0 Å². The van der Waals surface area contributed by atoms with Crippen LogP contribution in [0.1, 0.15) is 50.8 Å². The number of Topliss-reactive ketones (excluding diaryl/α,β-unsaturated/α-hetero) is 1. The van der Waals surface area contributed by atoms with Gasteiger partial charge in [-0.15, -0.1) is 11.3 Å². The molecule has 0 bridgehead atoms. The highest BCUT2D eigenvalue weighted by molar-refractivity contribution is 7.09. The maximum Gasteiger partial charge on any atom is 0.152 e. The fraction of sp³-hybridized carbons (Fsp3) is 0.688. The molecule has 0 amide bonds. The topological polar surface area (TPSA) is 20.3 Å². The standard InChI is InChI=1S/C16H25NOS/c1-16(2,17-11-5-3-4-6-12-17)15(18)10-9-14-8-7-13-19-14/h7-8,13H,3-6,9-12H2,1-2H3. The van der Waals surface area contributed by atoms with Crippen LogP contribution < -0.4 is 0 Å². The molecule has 0 aromatic carbocycles. The summed E-state index contributed by atoms with van der Waals surface area (Å²) in [6.45, 7) is 6.37. The van der Waals surface area contributed by atoms with Gasteiger partial charge in [0.05, 0.1) is 5.54 Å². The number of carbonyl (C=O) groups excluding carboxylic acids is 1. The number of rotatable bonds is 5. The number of hydrogen-bond donors (Lipinski definition) is 0. The molecule has 2 nitrogen and oxygen atoms in total. The summed E-state index contributed by atoms with van der Waals surface area (Å²) in [6.07, 6.45) is 6.67. The van der Waals surface area contributed by atoms with Crippen LogP contribution in [0.5, 0.6) is 0 Å². The summed E-state index contributed by atoms with van der Waals surface area (Å²) < 4.78 is 0. The van der Waals surface area contributed by atoms with Gasteiger partial charge in [-0.05, 0) is 57.6 Å². The normalized spacial score (nSPS) is 18.2. The van der Waals surface area contributed by atoms with Crippen LogP contribution >= 0.6 is 11.3 Å². The average Bonchev–Trinajstić information content (AvgIpc) is 2.75. The summed E-state index contributed by atoms with van der Waals surface area (Å²) in [4.78, 5) is 16.3. The van der Waals surface area contributed by atoms with Crippen molar-refractivity contribution in [2.24, 2.45) is 0 Å². The summed E-state index contributed by atoms with van der Waals surface area (Å²) >= 11 is 1.75. The van der Waals surface area contributed by atoms with E-state index in [4.69, 9.17) is 0 Å². The number of aryl methyl sites for hydroxylation is 1. The Bertz CT molecular complexity index is 389. The molecule has 1 aromatic heterocycles. The van der Waals surface area contributed by atoms with Gasteiger partial charge in [-0.2, -0.15) is 0 Å². The lowest BCUT2D eigenvalue weighted by Gasteiger charge is -2.36. The first kappa shape index (κ1) is 14.7. The Hall–Kier alpha value is -0.670. The van der Waals surface area contributed by atoms with E-state index in [0.717, 1.165) is 19.5 Å². The van der Waals surface area contributed by atoms with Gasteiger partial charge < -0.3 is 0 Å². The van der Waals surface area contributed by atoms with Gasteiger partial charge in [0.15, 0.2) is 5.78 Å². The molecule has 0 N–H and O–H groups in total. The summed E-state index contributed by atoms with van der Waals surface area (Å²) in [5.41, 5.74) is -0.290. The highest BCUT2D eigenvalue weighted by Gasteiger charge is 2.33. The van der Waals surface area contributed by atoms with Crippen molar-refractivity contribution in [3.8, 4) is 0 Å². The summed E-state index contributed by atoms with van der Waals surface area (Å²) in [6, 6.07) is 4.18. The third kappa shape index (κ3) is 3.90. The zero-order valence-corrected chi connectivity index (χ0v) is 13.0. The molecule has 0 unspecified atom stereocenters. The Morgan fingerprint density at radius 1 is 1.26 bits per heavy atom. The van der Waals surface area contributed by atoms with Crippen molar-refractivity contribution in [3.05, 3.63) is 22.4 Å². The van der Waals surface area contributed by atoms with Crippen LogP contribution in [0.4, 0.5) is 0 Å². The van der Waals surface area contributed by atoms with Crippen LogP contribution in [-0.4, -0.2) is 29.3 Å². The minimum atomic E-state index is -0.290. The molecule has 3 heteroatoms. The number of ketones is 1. The van der Waals surface area contributed by atoms with Gasteiger partial charge in [0.25, 0.3) is 0 Å². The van der Waals surface area contributed by atoms with Crippen molar-refractivity contribution >= 4 is 17.1 Å². The summed E-state index contributed by atoms with van der Waals surface area (Å²) in [5.74, 6) is 0.391. The van der Waals surface area contributed by atoms with E-state index in [9.17, 15) is 4.79 Å². The van der Waals surface area contributed by atoms with Gasteiger partial charge in [0, 0.05) is 11.3 Å². The Balaban J connectivity index is 1.91. The van der Waals surface area contributed by atoms with Crippen molar-refractivity contribution in [1.82, 2.24) is 4.90 Å². The third-order valence-corrected chi connectivity index (χ3v) is 5.19. The van der Waals surface area contributed by atoms with E-state index >= 15 is 0 Å². The lowest BCUT2D eigenvalue weighted by Crippen LogP contribution is -2.50. The number of nitrogens with zero attached hydrogens (tertiary/aromatic N) is 1. The molecule has 1 saturated heterocycles. The fourth-order valence-electron chi connectivity index (χ4n) is 2.80. The van der Waals surface area contributed by atoms with Crippen molar-refractivity contribution < 1.29 is 4.79 Å². The lowest BCUT2D eigenvalue weighted by atomic mass is 9.92. The minimum Gasteiger partial charge on any atom is -0.298 e. The SMILES string of the molecule is CC(C)(C(=O)CCc1cccs1)N1CCCCCC1. The zero-order chi connectivity index (χ0) is 13.7. The molecule has 1 fully saturated rings. The van der Waals surface area contributed by atoms with Gasteiger partial charge in [-0.3, -0.25) is 9.69 Å². The molecule has 0 radical (unpaired) electrons. The lowest BCUT2D eigenvalue weighted by molar-refractivity contribution is -0.129. The molecule has 19 heavy (non-hydrogen) atoms. The minimum absolute atomic E-state index is 0.290. The molecule has 2 rings (SSSR count). The van der Waals surface area contributed by atoms with Crippen LogP contribution in [0.15, 0.2) is 17.5 Å². The highest BCUT2D eigenvalue weighted by Crippen LogP contribution is 2.23. The van der Waals surface area contributed by atoms with Crippen molar-refractivity contribution in [3.63, 3.8) is 0 Å². The van der Waals surface area contributed by atoms with E-state index < -0.39 is 0 Å². The fourth-order valence-corrected chi connectivity index (χ4v) is 3.51. The second-order valence-electron chi connectivity index (χ2n) is 5.96. The average molecular weight is 279 g/mol. The number of hydrogen-bond acceptors (Lipinski definition) is 3. The second-order valence-corrected chi connectivity index (χ2v) is 7.00. The van der Waals surface area contributed by atoms with Crippen LogP contribution in [0.3, 0.4) is 0 Å². The van der Waals surface area contributed by atoms with Crippen LogP contribution in [0.2, 0.25) is 0 Å². The van der Waals surface area contributed by atoms with E-state index in [0.29, 0.717) is 12.2 Å². The highest BCUT2D eigenvalue weighted by atomic mass is 32.1. The van der Waals surface area contributed by atoms with Crippen LogP contribution in [-0.2, 0) is 11.2 Å². The van der Waals surface area contributed by atoms with E-state index in [1.165, 1.54) is 30.6 Å². The summed E-state index contributed by atoms with van der Waals surface area (Å²) in [5, 5.41) is 2.08. The van der Waals surface area contributed by atoms with Gasteiger partial charge >= 0.3 is 0 Å². The maximum atomic E-state index is 12.5. The predicted octanol–water partition coefficient (Wildman–Crippen LogP) is 3.90. The van der Waals surface area contributed by atoms with Gasteiger partial charge in [-0.25, -0.2) is 0 Å². The molecule has 0 saturated carbocycles. The first-order chi connectivity index (χ1) is 9.10. The Kier molecular flexibility index (Phi) is 5.17. The molecule has 1 aromatic rings. The Morgan fingerprint density at radius 2 is 1.95 bits per heavy atom. The van der Waals surface area contributed by atoms with Gasteiger partial charge in [-0.1, -0.05) is 18.9 Å². The van der Waals surface area contributed by atoms with Crippen molar-refractivity contribution in [2.75, 3.05) is 13.1 Å². The zero-order valence-electron chi connectivity index (χ0n) is 12.2. The molecule has 0 aliphatic carbocycles. The molecular formula is C16H25NOS. The molecule has 1 aliphatic heterocycles. The maximum absolute atomic E-state index is 12.5. The largest absolute Gasteiger partial charge is 0.298 e. The number of carbonyl (C=O) groups is 1. The monoisotopic (exact) mass is 279 g/mol. The van der Waals surface area contributed by atoms with E-state index in [-0.39, 0.29) is 5.54 Å². The first-order valence-corrected chi connectivity index (χ1v) is 8.29. The second kappa shape index (κ2) is 6.67.